The molecule has 3 fully saturated rings. The third-order valence-corrected chi connectivity index (χ3v) is 5.99. The molecule has 26 heavy (non-hydrogen) atoms. The second-order valence-electron chi connectivity index (χ2n) is 7.92. The molecule has 3 saturated heterocycles. The summed E-state index contributed by atoms with van der Waals surface area (Å²) in [4.78, 5) is 16.9. The Hall–Kier alpha value is -1.66. The highest BCUT2D eigenvalue weighted by molar-refractivity contribution is 5.95. The maximum Gasteiger partial charge on any atom is 0.254 e. The molecular weight excluding hydrogens is 335 g/mol. The van der Waals surface area contributed by atoms with Gasteiger partial charge in [0.1, 0.15) is 5.60 Å². The highest BCUT2D eigenvalue weighted by Gasteiger charge is 2.48. The summed E-state index contributed by atoms with van der Waals surface area (Å²) in [6, 6.07) is 4.36. The molecule has 0 N–H and O–H groups in total. The number of amides is 1. The quantitative estimate of drug-likeness (QED) is 0.826. The SMILES string of the molecule is COc1ccc(C(=O)N2CC3(CC[C@H](CN4CCCC4)CO3)C2)cc1F. The van der Waals surface area contributed by atoms with Crippen LogP contribution in [0.15, 0.2) is 18.2 Å². The lowest BCUT2D eigenvalue weighted by Gasteiger charge is -2.53. The number of hydrogen-bond donors (Lipinski definition) is 0. The van der Waals surface area contributed by atoms with Gasteiger partial charge in [-0.3, -0.25) is 4.79 Å². The Kier molecular flexibility index (Phi) is 4.88. The van der Waals surface area contributed by atoms with Crippen molar-refractivity contribution in [3.8, 4) is 5.75 Å². The number of rotatable bonds is 4. The van der Waals surface area contributed by atoms with Crippen molar-refractivity contribution in [2.45, 2.75) is 31.3 Å². The molecule has 1 aromatic carbocycles. The van der Waals surface area contributed by atoms with Gasteiger partial charge < -0.3 is 19.3 Å². The van der Waals surface area contributed by atoms with Crippen molar-refractivity contribution >= 4 is 5.91 Å². The van der Waals surface area contributed by atoms with Gasteiger partial charge >= 0.3 is 0 Å². The van der Waals surface area contributed by atoms with Gasteiger partial charge in [0, 0.05) is 12.1 Å². The Morgan fingerprint density at radius 3 is 2.73 bits per heavy atom. The van der Waals surface area contributed by atoms with Crippen molar-refractivity contribution in [3.63, 3.8) is 0 Å². The minimum Gasteiger partial charge on any atom is -0.494 e. The van der Waals surface area contributed by atoms with Gasteiger partial charge in [0.2, 0.25) is 0 Å². The van der Waals surface area contributed by atoms with E-state index < -0.39 is 5.82 Å². The summed E-state index contributed by atoms with van der Waals surface area (Å²) in [7, 11) is 1.41. The van der Waals surface area contributed by atoms with E-state index in [0.717, 1.165) is 26.0 Å². The molecule has 0 unspecified atom stereocenters. The Balaban J connectivity index is 1.28. The van der Waals surface area contributed by atoms with Crippen LogP contribution >= 0.6 is 0 Å². The third kappa shape index (κ3) is 3.45. The molecule has 5 nitrogen and oxygen atoms in total. The number of methoxy groups -OCH3 is 1. The summed E-state index contributed by atoms with van der Waals surface area (Å²) in [5, 5.41) is 0. The summed E-state index contributed by atoms with van der Waals surface area (Å²) in [5.41, 5.74) is 0.184. The minimum absolute atomic E-state index is 0.139. The van der Waals surface area contributed by atoms with E-state index in [4.69, 9.17) is 9.47 Å². The molecule has 1 spiro atoms. The first kappa shape index (κ1) is 17.7. The molecule has 0 saturated carbocycles. The van der Waals surface area contributed by atoms with Crippen LogP contribution < -0.4 is 4.74 Å². The van der Waals surface area contributed by atoms with E-state index in [9.17, 15) is 9.18 Å². The smallest absolute Gasteiger partial charge is 0.254 e. The first-order valence-corrected chi connectivity index (χ1v) is 9.58. The van der Waals surface area contributed by atoms with Crippen molar-refractivity contribution in [1.29, 1.82) is 0 Å². The first-order chi connectivity index (χ1) is 12.6. The fourth-order valence-corrected chi connectivity index (χ4v) is 4.42. The molecule has 0 bridgehead atoms. The molecule has 142 valence electrons. The topological polar surface area (TPSA) is 42.0 Å². The average Bonchev–Trinajstić information content (AvgIpc) is 3.13. The number of carbonyl (C=O) groups excluding carboxylic acids is 1. The van der Waals surface area contributed by atoms with E-state index in [1.807, 2.05) is 0 Å². The fraction of sp³-hybridized carbons (Fsp3) is 0.650. The molecule has 4 rings (SSSR count). The average molecular weight is 362 g/mol. The lowest BCUT2D eigenvalue weighted by Crippen LogP contribution is -2.66. The highest BCUT2D eigenvalue weighted by atomic mass is 19.1. The molecule has 3 aliphatic rings. The largest absolute Gasteiger partial charge is 0.494 e. The summed E-state index contributed by atoms with van der Waals surface area (Å²) in [6.07, 6.45) is 4.81. The number of carbonyl (C=O) groups is 1. The number of nitrogens with zero attached hydrogens (tertiary/aromatic N) is 2. The second kappa shape index (κ2) is 7.16. The normalized spacial score (nSPS) is 25.3. The summed E-state index contributed by atoms with van der Waals surface area (Å²) in [5.74, 6) is 0.118. The Bertz CT molecular complexity index is 659. The molecule has 3 aliphatic heterocycles. The predicted molar refractivity (Wildman–Crippen MR) is 95.9 cm³/mol. The second-order valence-corrected chi connectivity index (χ2v) is 7.92. The van der Waals surface area contributed by atoms with Gasteiger partial charge in [0.15, 0.2) is 11.6 Å². The van der Waals surface area contributed by atoms with Gasteiger partial charge in [0.25, 0.3) is 5.91 Å². The van der Waals surface area contributed by atoms with Gasteiger partial charge in [-0.15, -0.1) is 0 Å². The maximum atomic E-state index is 13.8. The lowest BCUT2D eigenvalue weighted by molar-refractivity contribution is -0.168. The molecule has 3 heterocycles. The zero-order valence-electron chi connectivity index (χ0n) is 15.4. The van der Waals surface area contributed by atoms with Gasteiger partial charge in [-0.1, -0.05) is 0 Å². The molecule has 0 aliphatic carbocycles. The fourth-order valence-electron chi connectivity index (χ4n) is 4.42. The van der Waals surface area contributed by atoms with Crippen LogP contribution in [-0.4, -0.2) is 67.7 Å². The molecule has 0 radical (unpaired) electrons. The van der Waals surface area contributed by atoms with E-state index in [-0.39, 0.29) is 17.3 Å². The van der Waals surface area contributed by atoms with Crippen molar-refractivity contribution in [3.05, 3.63) is 29.6 Å². The summed E-state index contributed by atoms with van der Waals surface area (Å²) in [6.45, 7) is 5.59. The molecule has 1 amide bonds. The van der Waals surface area contributed by atoms with Gasteiger partial charge in [0.05, 0.1) is 26.8 Å². The molecule has 1 atom stereocenters. The third-order valence-electron chi connectivity index (χ3n) is 5.99. The molecular formula is C20H27FN2O3. The van der Waals surface area contributed by atoms with Crippen LogP contribution in [0.25, 0.3) is 0 Å². The van der Waals surface area contributed by atoms with Crippen LogP contribution in [0.1, 0.15) is 36.0 Å². The number of benzene rings is 1. The van der Waals surface area contributed by atoms with Crippen LogP contribution in [0, 0.1) is 11.7 Å². The van der Waals surface area contributed by atoms with Gasteiger partial charge in [-0.25, -0.2) is 4.39 Å². The van der Waals surface area contributed by atoms with Crippen LogP contribution in [0.5, 0.6) is 5.75 Å². The Morgan fingerprint density at radius 1 is 1.35 bits per heavy atom. The zero-order chi connectivity index (χ0) is 18.1. The maximum absolute atomic E-state index is 13.8. The number of ether oxygens (including phenoxy) is 2. The summed E-state index contributed by atoms with van der Waals surface area (Å²) < 4.78 is 24.9. The van der Waals surface area contributed by atoms with E-state index in [1.165, 1.54) is 45.2 Å². The number of halogens is 1. The van der Waals surface area contributed by atoms with E-state index in [2.05, 4.69) is 4.90 Å². The summed E-state index contributed by atoms with van der Waals surface area (Å²) >= 11 is 0. The first-order valence-electron chi connectivity index (χ1n) is 9.58. The van der Waals surface area contributed by atoms with Crippen molar-refractivity contribution < 1.29 is 18.7 Å². The van der Waals surface area contributed by atoms with Crippen LogP contribution in [-0.2, 0) is 4.74 Å². The van der Waals surface area contributed by atoms with E-state index in [1.54, 1.807) is 11.0 Å². The molecule has 0 aromatic heterocycles. The van der Waals surface area contributed by atoms with Crippen molar-refractivity contribution in [2.24, 2.45) is 5.92 Å². The lowest BCUT2D eigenvalue weighted by atomic mass is 9.82. The Labute approximate surface area is 154 Å². The van der Waals surface area contributed by atoms with Crippen LogP contribution in [0.4, 0.5) is 4.39 Å². The zero-order valence-corrected chi connectivity index (χ0v) is 15.4. The van der Waals surface area contributed by atoms with Crippen LogP contribution in [0.3, 0.4) is 0 Å². The van der Waals surface area contributed by atoms with Crippen molar-refractivity contribution in [2.75, 3.05) is 46.4 Å². The number of likely N-dealkylation sites (tertiary alicyclic amines) is 2. The van der Waals surface area contributed by atoms with Gasteiger partial charge in [-0.2, -0.15) is 0 Å². The van der Waals surface area contributed by atoms with Gasteiger partial charge in [-0.05, 0) is 62.9 Å². The highest BCUT2D eigenvalue weighted by Crippen LogP contribution is 2.37. The number of hydrogen-bond acceptors (Lipinski definition) is 4. The monoisotopic (exact) mass is 362 g/mol. The minimum atomic E-state index is -0.507. The van der Waals surface area contributed by atoms with E-state index >= 15 is 0 Å². The predicted octanol–water partition coefficient (Wildman–Crippen LogP) is 2.55. The Morgan fingerprint density at radius 2 is 2.12 bits per heavy atom. The van der Waals surface area contributed by atoms with Crippen molar-refractivity contribution in [1.82, 2.24) is 9.80 Å². The molecule has 6 heteroatoms. The van der Waals surface area contributed by atoms with E-state index in [0.29, 0.717) is 24.6 Å². The standard InChI is InChI=1S/C20H27FN2O3/c1-25-18-5-4-16(10-17(18)21)19(24)23-13-20(14-23)7-6-15(12-26-20)11-22-8-2-3-9-22/h4-5,10,15H,2-3,6-9,11-14H2,1H3/t15-/m1/s1. The molecule has 1 aromatic rings. The van der Waals surface area contributed by atoms with Crippen LogP contribution in [0.2, 0.25) is 0 Å².